The van der Waals surface area contributed by atoms with Gasteiger partial charge in [-0.05, 0) is 39.2 Å². The first-order chi connectivity index (χ1) is 8.41. The van der Waals surface area contributed by atoms with E-state index in [4.69, 9.17) is 9.31 Å². The molecule has 0 radical (unpaired) electrons. The van der Waals surface area contributed by atoms with Crippen LogP contribution in [0.1, 0.15) is 39.0 Å². The third kappa shape index (κ3) is 1.61. The normalized spacial score (nSPS) is 23.4. The van der Waals surface area contributed by atoms with Gasteiger partial charge in [-0.2, -0.15) is 0 Å². The topological polar surface area (TPSA) is 43.7 Å². The Morgan fingerprint density at radius 3 is 2.50 bits per heavy atom. The van der Waals surface area contributed by atoms with E-state index in [9.17, 15) is 0 Å². The molecule has 2 aliphatic rings. The number of hydrogen-bond acceptors (Lipinski definition) is 4. The maximum absolute atomic E-state index is 6.06. The minimum Gasteiger partial charge on any atom is -0.399 e. The van der Waals surface area contributed by atoms with Gasteiger partial charge in [0.25, 0.3) is 0 Å². The van der Waals surface area contributed by atoms with Gasteiger partial charge in [-0.15, -0.1) is 0 Å². The fourth-order valence-corrected chi connectivity index (χ4v) is 2.21. The summed E-state index contributed by atoms with van der Waals surface area (Å²) in [6.45, 7) is 8.89. The summed E-state index contributed by atoms with van der Waals surface area (Å²) in [4.78, 5) is 8.59. The number of fused-ring (bicyclic) bond motifs is 1. The Hall–Kier alpha value is -1.20. The predicted octanol–water partition coefficient (Wildman–Crippen LogP) is 1.31. The molecule has 3 heterocycles. The molecule has 0 atom stereocenters. The van der Waals surface area contributed by atoms with Gasteiger partial charge in [0.05, 0.1) is 23.4 Å². The van der Waals surface area contributed by atoms with Crippen molar-refractivity contribution < 1.29 is 9.31 Å². The second kappa shape index (κ2) is 3.65. The summed E-state index contributed by atoms with van der Waals surface area (Å²) in [5, 5.41) is 0. The molecule has 2 aliphatic heterocycles. The molecule has 4 nitrogen and oxygen atoms in total. The molecule has 0 aromatic carbocycles. The Morgan fingerprint density at radius 2 is 1.83 bits per heavy atom. The van der Waals surface area contributed by atoms with Crippen molar-refractivity contribution in [2.45, 2.75) is 45.4 Å². The standard InChI is InChI=1S/C13H17BN2O2/c1-12(2)13(3,4)18-14(17-12)10-5-6-16-11-8-15-7-9(10)11/h5-7H,8H2,1-4H3. The highest BCUT2D eigenvalue weighted by Crippen LogP contribution is 2.36. The molecular weight excluding hydrogens is 227 g/mol. The third-order valence-electron chi connectivity index (χ3n) is 4.07. The molecule has 1 aromatic heterocycles. The molecule has 5 heteroatoms. The summed E-state index contributed by atoms with van der Waals surface area (Å²) < 4.78 is 12.1. The molecule has 18 heavy (non-hydrogen) atoms. The molecule has 0 unspecified atom stereocenters. The molecule has 0 saturated carbocycles. The summed E-state index contributed by atoms with van der Waals surface area (Å²) in [5.41, 5.74) is 2.45. The molecule has 0 N–H and O–H groups in total. The van der Waals surface area contributed by atoms with E-state index in [-0.39, 0.29) is 18.3 Å². The third-order valence-corrected chi connectivity index (χ3v) is 4.07. The lowest BCUT2D eigenvalue weighted by Crippen LogP contribution is -2.41. The number of aromatic nitrogens is 1. The van der Waals surface area contributed by atoms with Crippen LogP contribution < -0.4 is 5.46 Å². The minimum atomic E-state index is -0.337. The van der Waals surface area contributed by atoms with E-state index >= 15 is 0 Å². The molecule has 0 bridgehead atoms. The monoisotopic (exact) mass is 244 g/mol. The molecule has 1 saturated heterocycles. The minimum absolute atomic E-state index is 0.316. The molecule has 3 rings (SSSR count). The van der Waals surface area contributed by atoms with Crippen molar-refractivity contribution in [3.63, 3.8) is 0 Å². The predicted molar refractivity (Wildman–Crippen MR) is 71.3 cm³/mol. The fraction of sp³-hybridized carbons (Fsp3) is 0.538. The zero-order valence-corrected chi connectivity index (χ0v) is 11.2. The highest BCUT2D eigenvalue weighted by Gasteiger charge is 2.52. The Bertz CT molecular complexity index is 510. The molecule has 1 fully saturated rings. The van der Waals surface area contributed by atoms with Gasteiger partial charge >= 0.3 is 7.12 Å². The van der Waals surface area contributed by atoms with Gasteiger partial charge in [0.2, 0.25) is 0 Å². The first kappa shape index (κ1) is 11.9. The van der Waals surface area contributed by atoms with E-state index in [1.807, 2.05) is 12.3 Å². The molecule has 0 amide bonds. The summed E-state index contributed by atoms with van der Waals surface area (Å²) in [6, 6.07) is 1.96. The van der Waals surface area contributed by atoms with Crippen molar-refractivity contribution in [3.8, 4) is 0 Å². The van der Waals surface area contributed by atoms with Gasteiger partial charge in [0.1, 0.15) is 0 Å². The molecule has 0 aliphatic carbocycles. The highest BCUT2D eigenvalue weighted by molar-refractivity contribution is 6.63. The van der Waals surface area contributed by atoms with Crippen LogP contribution in [-0.2, 0) is 15.9 Å². The highest BCUT2D eigenvalue weighted by atomic mass is 16.7. The van der Waals surface area contributed by atoms with Crippen LogP contribution in [0, 0.1) is 0 Å². The van der Waals surface area contributed by atoms with E-state index in [2.05, 4.69) is 37.7 Å². The van der Waals surface area contributed by atoms with Crippen LogP contribution in [0.5, 0.6) is 0 Å². The summed E-state index contributed by atoms with van der Waals surface area (Å²) >= 11 is 0. The van der Waals surface area contributed by atoms with Crippen molar-refractivity contribution in [1.29, 1.82) is 0 Å². The Morgan fingerprint density at radius 1 is 1.17 bits per heavy atom. The fourth-order valence-electron chi connectivity index (χ4n) is 2.21. The van der Waals surface area contributed by atoms with Gasteiger partial charge in [0, 0.05) is 18.0 Å². The van der Waals surface area contributed by atoms with Crippen LogP contribution in [0.15, 0.2) is 17.3 Å². The Labute approximate surface area is 108 Å². The quantitative estimate of drug-likeness (QED) is 0.699. The summed E-state index contributed by atoms with van der Waals surface area (Å²) in [6.07, 6.45) is 3.66. The van der Waals surface area contributed by atoms with Crippen LogP contribution in [0.4, 0.5) is 0 Å². The second-order valence-electron chi connectivity index (χ2n) is 5.82. The lowest BCUT2D eigenvalue weighted by atomic mass is 9.76. The zero-order chi connectivity index (χ0) is 13.0. The van der Waals surface area contributed by atoms with E-state index < -0.39 is 0 Å². The van der Waals surface area contributed by atoms with Gasteiger partial charge in [-0.25, -0.2) is 0 Å². The first-order valence-electron chi connectivity index (χ1n) is 6.24. The lowest BCUT2D eigenvalue weighted by molar-refractivity contribution is 0.00578. The average molecular weight is 244 g/mol. The van der Waals surface area contributed by atoms with E-state index in [0.29, 0.717) is 6.54 Å². The molecule has 0 spiro atoms. The average Bonchev–Trinajstić information content (AvgIpc) is 2.81. The van der Waals surface area contributed by atoms with Crippen molar-refractivity contribution in [1.82, 2.24) is 4.98 Å². The van der Waals surface area contributed by atoms with Crippen molar-refractivity contribution in [3.05, 3.63) is 23.5 Å². The van der Waals surface area contributed by atoms with Crippen LogP contribution in [0.3, 0.4) is 0 Å². The lowest BCUT2D eigenvalue weighted by Gasteiger charge is -2.32. The molecular formula is C13H17BN2O2. The Balaban J connectivity index is 1.99. The van der Waals surface area contributed by atoms with Gasteiger partial charge < -0.3 is 9.31 Å². The van der Waals surface area contributed by atoms with Gasteiger partial charge in [-0.1, -0.05) is 0 Å². The number of rotatable bonds is 1. The van der Waals surface area contributed by atoms with Crippen molar-refractivity contribution in [2.75, 3.05) is 0 Å². The summed E-state index contributed by atoms with van der Waals surface area (Å²) in [5.74, 6) is 0. The Kier molecular flexibility index (Phi) is 2.41. The maximum Gasteiger partial charge on any atom is 0.495 e. The molecule has 94 valence electrons. The van der Waals surface area contributed by atoms with Crippen LogP contribution in [0.25, 0.3) is 0 Å². The number of aliphatic imine (C=N–C) groups is 1. The van der Waals surface area contributed by atoms with Crippen LogP contribution in [0.2, 0.25) is 0 Å². The molecule has 1 aromatic rings. The van der Waals surface area contributed by atoms with Crippen molar-refractivity contribution in [2.24, 2.45) is 4.99 Å². The number of nitrogens with zero attached hydrogens (tertiary/aromatic N) is 2. The SMILES string of the molecule is CC1(C)OB(c2ccnc3c2C=NC3)OC1(C)C. The van der Waals surface area contributed by atoms with Gasteiger partial charge in [0.15, 0.2) is 0 Å². The summed E-state index contributed by atoms with van der Waals surface area (Å²) in [7, 11) is -0.337. The van der Waals surface area contributed by atoms with E-state index in [0.717, 1.165) is 16.7 Å². The number of pyridine rings is 1. The van der Waals surface area contributed by atoms with Crippen LogP contribution in [-0.4, -0.2) is 29.5 Å². The first-order valence-corrected chi connectivity index (χ1v) is 6.24. The van der Waals surface area contributed by atoms with Gasteiger partial charge in [-0.3, -0.25) is 9.98 Å². The maximum atomic E-state index is 6.06. The smallest absolute Gasteiger partial charge is 0.399 e. The second-order valence-corrected chi connectivity index (χ2v) is 5.82. The van der Waals surface area contributed by atoms with Crippen LogP contribution >= 0.6 is 0 Å². The largest absolute Gasteiger partial charge is 0.495 e. The van der Waals surface area contributed by atoms with Crippen molar-refractivity contribution >= 4 is 18.8 Å². The zero-order valence-electron chi connectivity index (χ0n) is 11.2. The number of hydrogen-bond donors (Lipinski definition) is 0. The van der Waals surface area contributed by atoms with E-state index in [1.165, 1.54) is 0 Å². The van der Waals surface area contributed by atoms with E-state index in [1.54, 1.807) is 6.20 Å².